The molecule has 1 aromatic carbocycles. The maximum absolute atomic E-state index is 12.5. The number of methoxy groups -OCH3 is 1. The second-order valence-electron chi connectivity index (χ2n) is 6.50. The van der Waals surface area contributed by atoms with Crippen LogP contribution in [0.25, 0.3) is 0 Å². The third kappa shape index (κ3) is 6.77. The molecule has 0 bridgehead atoms. The Hall–Kier alpha value is -4.01. The summed E-state index contributed by atoms with van der Waals surface area (Å²) in [5.74, 6) is -1.40. The molecule has 2 amide bonds. The average Bonchev–Trinajstić information content (AvgIpc) is 2.67. The van der Waals surface area contributed by atoms with Gasteiger partial charge in [0.2, 0.25) is 5.88 Å². The summed E-state index contributed by atoms with van der Waals surface area (Å²) >= 11 is 0. The number of urea groups is 1. The van der Waals surface area contributed by atoms with Crippen LogP contribution >= 0.6 is 0 Å². The van der Waals surface area contributed by atoms with E-state index in [1.54, 1.807) is 6.07 Å². The van der Waals surface area contributed by atoms with E-state index in [0.29, 0.717) is 0 Å². The van der Waals surface area contributed by atoms with E-state index in [0.717, 1.165) is 12.1 Å². The van der Waals surface area contributed by atoms with Gasteiger partial charge in [-0.1, -0.05) is 0 Å². The Kier molecular flexibility index (Phi) is 6.91. The van der Waals surface area contributed by atoms with Crippen LogP contribution in [0.5, 0.6) is 17.4 Å². The highest BCUT2D eigenvalue weighted by Gasteiger charge is 2.32. The van der Waals surface area contributed by atoms with Crippen molar-refractivity contribution >= 4 is 17.7 Å². The normalized spacial score (nSPS) is 11.1. The highest BCUT2D eigenvalue weighted by molar-refractivity contribution is 5.93. The van der Waals surface area contributed by atoms with Gasteiger partial charge in [-0.15, -0.1) is 13.2 Å². The predicted molar refractivity (Wildman–Crippen MR) is 100 cm³/mol. The minimum absolute atomic E-state index is 0.00325. The number of nitrogens with one attached hydrogen (secondary N) is 2. The van der Waals surface area contributed by atoms with Crippen molar-refractivity contribution in [2.45, 2.75) is 25.7 Å². The Balaban J connectivity index is 2.06. The van der Waals surface area contributed by atoms with Gasteiger partial charge in [0.15, 0.2) is 5.75 Å². The Morgan fingerprint density at radius 3 is 2.42 bits per heavy atom. The van der Waals surface area contributed by atoms with Gasteiger partial charge in [-0.3, -0.25) is 0 Å². The minimum Gasteiger partial charge on any atom is -0.467 e. The molecule has 31 heavy (non-hydrogen) atoms. The van der Waals surface area contributed by atoms with Gasteiger partial charge < -0.3 is 24.8 Å². The maximum atomic E-state index is 12.5. The minimum atomic E-state index is -4.97. The van der Waals surface area contributed by atoms with Crippen molar-refractivity contribution in [3.8, 4) is 23.4 Å². The van der Waals surface area contributed by atoms with Gasteiger partial charge in [0.05, 0.1) is 24.6 Å². The molecule has 12 heteroatoms. The van der Waals surface area contributed by atoms with Crippen LogP contribution in [-0.2, 0) is 9.53 Å². The lowest BCUT2D eigenvalue weighted by Crippen LogP contribution is -2.51. The number of ether oxygens (including phenoxy) is 3. The topological polar surface area (TPSA) is 123 Å². The summed E-state index contributed by atoms with van der Waals surface area (Å²) in [5, 5.41) is 13.8. The summed E-state index contributed by atoms with van der Waals surface area (Å²) in [6.45, 7) is 2.92. The number of nitrogens with zero attached hydrogens (tertiary/aromatic N) is 2. The second-order valence-corrected chi connectivity index (χ2v) is 6.50. The lowest BCUT2D eigenvalue weighted by atomic mass is 10.1. The fourth-order valence-electron chi connectivity index (χ4n) is 2.26. The smallest absolute Gasteiger partial charge is 0.467 e. The number of rotatable bonds is 6. The molecule has 0 fully saturated rings. The summed E-state index contributed by atoms with van der Waals surface area (Å²) in [5.41, 5.74) is -1.33. The number of halogens is 3. The van der Waals surface area contributed by atoms with E-state index in [-0.39, 0.29) is 22.9 Å². The van der Waals surface area contributed by atoms with E-state index in [1.807, 2.05) is 0 Å². The van der Waals surface area contributed by atoms with E-state index in [2.05, 4.69) is 25.1 Å². The Morgan fingerprint density at radius 1 is 1.16 bits per heavy atom. The van der Waals surface area contributed by atoms with Crippen LogP contribution in [0.4, 0.5) is 23.7 Å². The van der Waals surface area contributed by atoms with E-state index in [1.165, 1.54) is 45.4 Å². The molecule has 0 unspecified atom stereocenters. The second kappa shape index (κ2) is 9.21. The van der Waals surface area contributed by atoms with Gasteiger partial charge in [-0.05, 0) is 32.0 Å². The Bertz CT molecular complexity index is 1000. The number of esters is 1. The third-order valence-corrected chi connectivity index (χ3v) is 3.64. The fourth-order valence-corrected chi connectivity index (χ4v) is 2.26. The number of alkyl halides is 3. The molecular formula is C19H17F3N4O5. The first-order chi connectivity index (χ1) is 14.4. The molecular weight excluding hydrogens is 421 g/mol. The molecule has 0 aliphatic rings. The first-order valence-electron chi connectivity index (χ1n) is 8.55. The van der Waals surface area contributed by atoms with E-state index in [4.69, 9.17) is 10.00 Å². The van der Waals surface area contributed by atoms with Gasteiger partial charge in [-0.25, -0.2) is 14.6 Å². The lowest BCUT2D eigenvalue weighted by Gasteiger charge is -2.23. The molecule has 1 aromatic heterocycles. The van der Waals surface area contributed by atoms with Crippen molar-refractivity contribution in [1.29, 1.82) is 5.26 Å². The SMILES string of the molecule is COC(=O)C(C)(C)NC(=O)Nc1ccc(Oc2ccc(C#N)c(OC(F)(F)F)c2)nc1. The number of nitriles is 1. The number of anilines is 1. The molecule has 2 rings (SSSR count). The van der Waals surface area contributed by atoms with E-state index in [9.17, 15) is 22.8 Å². The van der Waals surface area contributed by atoms with Crippen LogP contribution in [0.1, 0.15) is 19.4 Å². The highest BCUT2D eigenvalue weighted by Crippen LogP contribution is 2.31. The van der Waals surface area contributed by atoms with Crippen LogP contribution in [0.2, 0.25) is 0 Å². The summed E-state index contributed by atoms with van der Waals surface area (Å²) in [6.07, 6.45) is -3.74. The van der Waals surface area contributed by atoms with Crippen LogP contribution in [0.3, 0.4) is 0 Å². The van der Waals surface area contributed by atoms with Crippen molar-refractivity contribution in [3.05, 3.63) is 42.1 Å². The van der Waals surface area contributed by atoms with Crippen LogP contribution in [0.15, 0.2) is 36.5 Å². The molecule has 0 saturated carbocycles. The predicted octanol–water partition coefficient (Wildman–Crippen LogP) is 3.72. The molecule has 0 radical (unpaired) electrons. The third-order valence-electron chi connectivity index (χ3n) is 3.64. The van der Waals surface area contributed by atoms with Gasteiger partial charge in [0.25, 0.3) is 0 Å². The van der Waals surface area contributed by atoms with Crippen molar-refractivity contribution in [2.24, 2.45) is 0 Å². The largest absolute Gasteiger partial charge is 0.573 e. The number of carbonyl (C=O) groups excluding carboxylic acids is 2. The number of carbonyl (C=O) groups is 2. The average molecular weight is 438 g/mol. The zero-order valence-electron chi connectivity index (χ0n) is 16.5. The number of hydrogen-bond donors (Lipinski definition) is 2. The zero-order valence-corrected chi connectivity index (χ0v) is 16.5. The van der Waals surface area contributed by atoms with Crippen LogP contribution in [-0.4, -0.2) is 36.0 Å². The van der Waals surface area contributed by atoms with Crippen molar-refractivity contribution in [1.82, 2.24) is 10.3 Å². The number of hydrogen-bond acceptors (Lipinski definition) is 7. The first-order valence-corrected chi connectivity index (χ1v) is 8.55. The molecule has 0 spiro atoms. The van der Waals surface area contributed by atoms with Gasteiger partial charge in [-0.2, -0.15) is 5.26 Å². The van der Waals surface area contributed by atoms with Crippen LogP contribution < -0.4 is 20.1 Å². The monoisotopic (exact) mass is 438 g/mol. The van der Waals surface area contributed by atoms with Crippen molar-refractivity contribution in [2.75, 3.05) is 12.4 Å². The Labute approximate surface area is 174 Å². The highest BCUT2D eigenvalue weighted by atomic mass is 19.4. The molecule has 0 atom stereocenters. The fraction of sp³-hybridized carbons (Fsp3) is 0.263. The van der Waals surface area contributed by atoms with E-state index >= 15 is 0 Å². The number of aromatic nitrogens is 1. The maximum Gasteiger partial charge on any atom is 0.573 e. The summed E-state index contributed by atoms with van der Waals surface area (Å²) in [7, 11) is 1.19. The first kappa shape index (κ1) is 23.3. The van der Waals surface area contributed by atoms with Crippen molar-refractivity contribution < 1.29 is 37.0 Å². The molecule has 9 nitrogen and oxygen atoms in total. The molecule has 1 heterocycles. The zero-order chi connectivity index (χ0) is 23.2. The number of amides is 2. The Morgan fingerprint density at radius 2 is 1.87 bits per heavy atom. The summed E-state index contributed by atoms with van der Waals surface area (Å²) in [6, 6.07) is 6.97. The van der Waals surface area contributed by atoms with Crippen molar-refractivity contribution in [3.63, 3.8) is 0 Å². The molecule has 0 aliphatic heterocycles. The van der Waals surface area contributed by atoms with Crippen LogP contribution in [0, 0.1) is 11.3 Å². The van der Waals surface area contributed by atoms with Gasteiger partial charge in [0.1, 0.15) is 17.4 Å². The molecule has 0 saturated heterocycles. The molecule has 2 N–H and O–H groups in total. The number of benzene rings is 1. The summed E-state index contributed by atoms with van der Waals surface area (Å²) < 4.78 is 51.2. The van der Waals surface area contributed by atoms with Gasteiger partial charge >= 0.3 is 18.4 Å². The van der Waals surface area contributed by atoms with Gasteiger partial charge in [0, 0.05) is 12.1 Å². The molecule has 164 valence electrons. The number of pyridine rings is 1. The molecule has 0 aliphatic carbocycles. The van der Waals surface area contributed by atoms with E-state index < -0.39 is 29.7 Å². The summed E-state index contributed by atoms with van der Waals surface area (Å²) in [4.78, 5) is 27.6. The standard InChI is InChI=1S/C19H17F3N4O5/c1-18(2,16(27)29-3)26-17(28)25-12-5-7-15(24-10-12)30-13-6-4-11(9-23)14(8-13)31-19(20,21)22/h4-8,10H,1-3H3,(H2,25,26,28). The quantitative estimate of drug-likeness (QED) is 0.659. The molecule has 2 aromatic rings. The lowest BCUT2D eigenvalue weighted by molar-refractivity contribution is -0.274.